The van der Waals surface area contributed by atoms with Crippen LogP contribution < -0.4 is 11.1 Å². The quantitative estimate of drug-likeness (QED) is 0.801. The number of aromatic nitrogens is 1. The van der Waals surface area contributed by atoms with Crippen LogP contribution in [-0.2, 0) is 0 Å². The molecular formula is C15H17N3. The van der Waals surface area contributed by atoms with Crippen molar-refractivity contribution in [2.45, 2.75) is 13.0 Å². The lowest BCUT2D eigenvalue weighted by Crippen LogP contribution is -2.28. The third-order valence-corrected chi connectivity index (χ3v) is 2.92. The van der Waals surface area contributed by atoms with Crippen molar-refractivity contribution in [3.63, 3.8) is 0 Å². The largest absolute Gasteiger partial charge is 0.329 e. The number of nitrogens with one attached hydrogen (secondary N) is 1. The number of pyridine rings is 1. The average molecular weight is 239 g/mol. The van der Waals surface area contributed by atoms with Crippen LogP contribution in [0.3, 0.4) is 0 Å². The molecule has 1 aromatic heterocycles. The van der Waals surface area contributed by atoms with Crippen LogP contribution in [0.4, 0.5) is 0 Å². The van der Waals surface area contributed by atoms with Gasteiger partial charge in [0.15, 0.2) is 0 Å². The molecule has 1 heterocycles. The number of rotatable bonds is 4. The van der Waals surface area contributed by atoms with E-state index in [-0.39, 0.29) is 6.04 Å². The first-order valence-corrected chi connectivity index (χ1v) is 6.02. The third kappa shape index (κ3) is 2.67. The van der Waals surface area contributed by atoms with Crippen LogP contribution in [0.5, 0.6) is 0 Å². The molecule has 92 valence electrons. The van der Waals surface area contributed by atoms with E-state index in [9.17, 15) is 0 Å². The van der Waals surface area contributed by atoms with Crippen LogP contribution >= 0.6 is 0 Å². The molecule has 0 amide bonds. The van der Waals surface area contributed by atoms with Gasteiger partial charge in [0.2, 0.25) is 0 Å². The second kappa shape index (κ2) is 6.15. The van der Waals surface area contributed by atoms with Crippen molar-refractivity contribution < 1.29 is 0 Å². The van der Waals surface area contributed by atoms with Crippen molar-refractivity contribution in [1.82, 2.24) is 10.3 Å². The zero-order valence-corrected chi connectivity index (χ0v) is 10.5. The number of fused-ring (bicyclic) bond motifs is 1. The second-order valence-electron chi connectivity index (χ2n) is 4.05. The van der Waals surface area contributed by atoms with Crippen LogP contribution in [0.1, 0.15) is 18.5 Å². The van der Waals surface area contributed by atoms with Crippen LogP contribution in [-0.4, -0.2) is 18.1 Å². The minimum Gasteiger partial charge on any atom is -0.329 e. The molecule has 3 N–H and O–H groups in total. The predicted molar refractivity (Wildman–Crippen MR) is 75.0 cm³/mol. The van der Waals surface area contributed by atoms with Crippen molar-refractivity contribution in [3.05, 3.63) is 42.2 Å². The van der Waals surface area contributed by atoms with Gasteiger partial charge in [-0.3, -0.25) is 10.3 Å². The van der Waals surface area contributed by atoms with Gasteiger partial charge in [0.25, 0.3) is 0 Å². The van der Waals surface area contributed by atoms with E-state index in [1.165, 1.54) is 5.39 Å². The maximum atomic E-state index is 5.84. The zero-order chi connectivity index (χ0) is 12.8. The lowest BCUT2D eigenvalue weighted by Gasteiger charge is -2.17. The van der Waals surface area contributed by atoms with Gasteiger partial charge in [-0.1, -0.05) is 30.2 Å². The Kier molecular flexibility index (Phi) is 4.30. The Morgan fingerprint density at radius 2 is 2.17 bits per heavy atom. The van der Waals surface area contributed by atoms with Crippen molar-refractivity contribution in [2.75, 3.05) is 13.1 Å². The van der Waals surface area contributed by atoms with E-state index in [1.54, 1.807) is 0 Å². The molecule has 3 nitrogen and oxygen atoms in total. The molecule has 0 bridgehead atoms. The van der Waals surface area contributed by atoms with Gasteiger partial charge in [0.05, 0.1) is 6.54 Å². The maximum absolute atomic E-state index is 5.84. The molecule has 3 heteroatoms. The smallest absolute Gasteiger partial charge is 0.0581 e. The molecule has 2 aromatic rings. The summed E-state index contributed by atoms with van der Waals surface area (Å²) in [5, 5.41) is 5.67. The van der Waals surface area contributed by atoms with E-state index in [0.29, 0.717) is 13.1 Å². The van der Waals surface area contributed by atoms with Gasteiger partial charge in [-0.05, 0) is 17.9 Å². The van der Waals surface area contributed by atoms with Crippen LogP contribution in [0, 0.1) is 11.8 Å². The molecule has 0 aliphatic heterocycles. The molecule has 2 rings (SSSR count). The van der Waals surface area contributed by atoms with Crippen LogP contribution in [0.15, 0.2) is 36.7 Å². The van der Waals surface area contributed by atoms with E-state index in [1.807, 2.05) is 31.5 Å². The minimum atomic E-state index is 0.0875. The molecule has 1 atom stereocenters. The van der Waals surface area contributed by atoms with Gasteiger partial charge < -0.3 is 5.73 Å². The molecule has 0 radical (unpaired) electrons. The fourth-order valence-corrected chi connectivity index (χ4v) is 2.00. The molecule has 0 saturated heterocycles. The summed E-state index contributed by atoms with van der Waals surface area (Å²) in [6.45, 7) is 3.00. The Morgan fingerprint density at radius 3 is 2.94 bits per heavy atom. The van der Waals surface area contributed by atoms with Crippen LogP contribution in [0.25, 0.3) is 10.8 Å². The van der Waals surface area contributed by atoms with E-state index in [2.05, 4.69) is 34.3 Å². The summed E-state index contributed by atoms with van der Waals surface area (Å²) in [6, 6.07) is 8.30. The Morgan fingerprint density at radius 1 is 1.33 bits per heavy atom. The molecule has 0 saturated carbocycles. The summed E-state index contributed by atoms with van der Waals surface area (Å²) < 4.78 is 0. The van der Waals surface area contributed by atoms with E-state index in [0.717, 1.165) is 10.9 Å². The van der Waals surface area contributed by atoms with Gasteiger partial charge in [-0.2, -0.15) is 0 Å². The average Bonchev–Trinajstić information content (AvgIpc) is 2.43. The Hall–Kier alpha value is -1.89. The van der Waals surface area contributed by atoms with Crippen LogP contribution in [0.2, 0.25) is 0 Å². The number of nitrogens with zero attached hydrogens (tertiary/aromatic N) is 1. The fraction of sp³-hybridized carbons (Fsp3) is 0.267. The van der Waals surface area contributed by atoms with Crippen molar-refractivity contribution in [2.24, 2.45) is 5.73 Å². The lowest BCUT2D eigenvalue weighted by atomic mass is 10.0. The lowest BCUT2D eigenvalue weighted by molar-refractivity contribution is 0.584. The molecule has 1 aromatic carbocycles. The van der Waals surface area contributed by atoms with Crippen molar-refractivity contribution in [3.8, 4) is 11.8 Å². The zero-order valence-electron chi connectivity index (χ0n) is 10.5. The molecule has 18 heavy (non-hydrogen) atoms. The van der Waals surface area contributed by atoms with Gasteiger partial charge in [0, 0.05) is 30.4 Å². The monoisotopic (exact) mass is 239 g/mol. The minimum absolute atomic E-state index is 0.0875. The molecule has 0 fully saturated rings. The molecule has 1 unspecified atom stereocenters. The summed E-state index contributed by atoms with van der Waals surface area (Å²) >= 11 is 0. The summed E-state index contributed by atoms with van der Waals surface area (Å²) in [5.74, 6) is 5.86. The third-order valence-electron chi connectivity index (χ3n) is 2.92. The van der Waals surface area contributed by atoms with Gasteiger partial charge in [0.1, 0.15) is 0 Å². The van der Waals surface area contributed by atoms with E-state index < -0.39 is 0 Å². The first-order valence-electron chi connectivity index (χ1n) is 6.02. The SMILES string of the molecule is CC#CCNC(CN)c1cncc2ccccc12. The molecule has 0 aliphatic carbocycles. The first kappa shape index (κ1) is 12.6. The Labute approximate surface area is 107 Å². The van der Waals surface area contributed by atoms with Gasteiger partial charge in [-0.25, -0.2) is 0 Å². The highest BCUT2D eigenvalue weighted by molar-refractivity contribution is 5.85. The Bertz CT molecular complexity index is 576. The molecular weight excluding hydrogens is 222 g/mol. The summed E-state index contributed by atoms with van der Waals surface area (Å²) in [6.07, 6.45) is 3.75. The van der Waals surface area contributed by atoms with Gasteiger partial charge >= 0.3 is 0 Å². The molecule has 0 aliphatic rings. The number of hydrogen-bond acceptors (Lipinski definition) is 3. The first-order chi connectivity index (χ1) is 8.86. The standard InChI is InChI=1S/C15H17N3/c1-2-3-8-18-15(9-16)14-11-17-10-12-6-4-5-7-13(12)14/h4-7,10-11,15,18H,8-9,16H2,1H3. The van der Waals surface area contributed by atoms with Crippen molar-refractivity contribution in [1.29, 1.82) is 0 Å². The number of benzene rings is 1. The van der Waals surface area contributed by atoms with Gasteiger partial charge in [-0.15, -0.1) is 5.92 Å². The summed E-state index contributed by atoms with van der Waals surface area (Å²) in [5.41, 5.74) is 6.97. The summed E-state index contributed by atoms with van der Waals surface area (Å²) in [4.78, 5) is 4.28. The Balaban J connectivity index is 2.34. The highest BCUT2D eigenvalue weighted by atomic mass is 14.9. The highest BCUT2D eigenvalue weighted by Crippen LogP contribution is 2.22. The molecule has 0 spiro atoms. The topological polar surface area (TPSA) is 50.9 Å². The predicted octanol–water partition coefficient (Wildman–Crippen LogP) is 1.85. The summed E-state index contributed by atoms with van der Waals surface area (Å²) in [7, 11) is 0. The highest BCUT2D eigenvalue weighted by Gasteiger charge is 2.11. The van der Waals surface area contributed by atoms with E-state index in [4.69, 9.17) is 5.73 Å². The number of hydrogen-bond donors (Lipinski definition) is 2. The van der Waals surface area contributed by atoms with E-state index >= 15 is 0 Å². The normalized spacial score (nSPS) is 11.9. The number of nitrogens with two attached hydrogens (primary N) is 1. The van der Waals surface area contributed by atoms with Crippen molar-refractivity contribution >= 4 is 10.8 Å². The maximum Gasteiger partial charge on any atom is 0.0581 e. The second-order valence-corrected chi connectivity index (χ2v) is 4.05. The fourth-order valence-electron chi connectivity index (χ4n) is 2.00.